The van der Waals surface area contributed by atoms with Crippen LogP contribution >= 0.6 is 0 Å². The normalized spacial score (nSPS) is 13.4. The molecule has 1 atom stereocenters. The number of hydrogen-bond donors (Lipinski definition) is 1. The number of H-pyrrole nitrogens is 1. The van der Waals surface area contributed by atoms with Gasteiger partial charge in [-0.05, 0) is 30.5 Å². The van der Waals surface area contributed by atoms with Gasteiger partial charge in [0.15, 0.2) is 5.78 Å². The van der Waals surface area contributed by atoms with Crippen molar-refractivity contribution in [3.05, 3.63) is 57.8 Å². The van der Waals surface area contributed by atoms with Gasteiger partial charge in [-0.15, -0.1) is 0 Å². The van der Waals surface area contributed by atoms with Crippen molar-refractivity contribution in [3.8, 4) is 0 Å². The first-order chi connectivity index (χ1) is 11.9. The first-order valence-corrected chi connectivity index (χ1v) is 8.92. The molecule has 0 aliphatic rings. The summed E-state index contributed by atoms with van der Waals surface area (Å²) >= 11 is 0. The number of aromatic amines is 1. The van der Waals surface area contributed by atoms with Gasteiger partial charge in [-0.1, -0.05) is 19.1 Å². The lowest BCUT2D eigenvalue weighted by Crippen LogP contribution is -2.23. The largest absolute Gasteiger partial charge is 0.501 e. The van der Waals surface area contributed by atoms with Crippen molar-refractivity contribution < 1.29 is 26.4 Å². The van der Waals surface area contributed by atoms with Gasteiger partial charge in [0.2, 0.25) is 0 Å². The van der Waals surface area contributed by atoms with Gasteiger partial charge >= 0.3 is 5.51 Å². The number of sulfone groups is 1. The van der Waals surface area contributed by atoms with E-state index in [0.29, 0.717) is 5.56 Å². The van der Waals surface area contributed by atoms with Gasteiger partial charge < -0.3 is 4.98 Å². The Balaban J connectivity index is 2.19. The third kappa shape index (κ3) is 4.18. The molecular formula is C16H15F3N2O4S. The van der Waals surface area contributed by atoms with E-state index in [1.54, 1.807) is 6.92 Å². The van der Waals surface area contributed by atoms with Crippen molar-refractivity contribution in [1.82, 2.24) is 9.97 Å². The van der Waals surface area contributed by atoms with Crippen molar-refractivity contribution in [2.45, 2.75) is 36.6 Å². The summed E-state index contributed by atoms with van der Waals surface area (Å²) in [5.74, 6) is -0.527. The Morgan fingerprint density at radius 3 is 2.31 bits per heavy atom. The van der Waals surface area contributed by atoms with Crippen LogP contribution in [0.2, 0.25) is 0 Å². The lowest BCUT2D eigenvalue weighted by Gasteiger charge is -2.13. The van der Waals surface area contributed by atoms with E-state index in [4.69, 9.17) is 0 Å². The molecule has 6 nitrogen and oxygen atoms in total. The second kappa shape index (κ2) is 7.02. The number of benzene rings is 1. The van der Waals surface area contributed by atoms with Crippen molar-refractivity contribution in [2.24, 2.45) is 0 Å². The highest BCUT2D eigenvalue weighted by Crippen LogP contribution is 2.31. The third-order valence-electron chi connectivity index (χ3n) is 3.70. The molecule has 0 radical (unpaired) electrons. The van der Waals surface area contributed by atoms with E-state index >= 15 is 0 Å². The molecule has 26 heavy (non-hydrogen) atoms. The average molecular weight is 388 g/mol. The van der Waals surface area contributed by atoms with E-state index in [2.05, 4.69) is 9.97 Å². The molecule has 1 aromatic heterocycles. The van der Waals surface area contributed by atoms with Gasteiger partial charge in [-0.2, -0.15) is 13.2 Å². The van der Waals surface area contributed by atoms with Crippen LogP contribution in [0, 0.1) is 6.92 Å². The maximum absolute atomic E-state index is 12.5. The standard InChI is InChI=1S/C16H15F3N2O4S/c1-9(7-14(22)13-8-15(23)21-10(2)20-13)11-3-5-12(6-4-11)26(24,25)16(17,18)19/h3-6,8-9H,7H2,1-2H3,(H,20,21,23)/t9-/m0/s1. The summed E-state index contributed by atoms with van der Waals surface area (Å²) in [5, 5.41) is 0. The smallest absolute Gasteiger partial charge is 0.311 e. The minimum Gasteiger partial charge on any atom is -0.311 e. The first-order valence-electron chi connectivity index (χ1n) is 7.44. The van der Waals surface area contributed by atoms with E-state index in [9.17, 15) is 31.2 Å². The number of hydrogen-bond acceptors (Lipinski definition) is 5. The highest BCUT2D eigenvalue weighted by atomic mass is 32.2. The number of alkyl halides is 3. The molecule has 140 valence electrons. The first kappa shape index (κ1) is 19.8. The second-order valence-electron chi connectivity index (χ2n) is 5.76. The Kier molecular flexibility index (Phi) is 5.36. The number of nitrogens with zero attached hydrogens (tertiary/aromatic N) is 1. The number of rotatable bonds is 5. The fraction of sp³-hybridized carbons (Fsp3) is 0.312. The maximum Gasteiger partial charge on any atom is 0.501 e. The predicted octanol–water partition coefficient (Wildman–Crippen LogP) is 2.75. The SMILES string of the molecule is Cc1nc(C(=O)C[C@H](C)c2ccc(S(=O)(=O)C(F)(F)F)cc2)cc(=O)[nH]1. The van der Waals surface area contributed by atoms with Crippen LogP contribution < -0.4 is 5.56 Å². The van der Waals surface area contributed by atoms with Crippen LogP contribution in [0.25, 0.3) is 0 Å². The number of ketones is 1. The van der Waals surface area contributed by atoms with E-state index < -0.39 is 37.5 Å². The van der Waals surface area contributed by atoms with E-state index in [-0.39, 0.29) is 17.9 Å². The number of aryl methyl sites for hydroxylation is 1. The van der Waals surface area contributed by atoms with E-state index in [1.807, 2.05) is 0 Å². The van der Waals surface area contributed by atoms with E-state index in [1.165, 1.54) is 19.1 Å². The molecule has 2 aromatic rings. The van der Waals surface area contributed by atoms with Crippen LogP contribution in [0.3, 0.4) is 0 Å². The van der Waals surface area contributed by atoms with Crippen LogP contribution in [0.5, 0.6) is 0 Å². The summed E-state index contributed by atoms with van der Waals surface area (Å²) < 4.78 is 60.3. The van der Waals surface area contributed by atoms with Gasteiger partial charge in [-0.25, -0.2) is 13.4 Å². The second-order valence-corrected chi connectivity index (χ2v) is 7.70. The highest BCUT2D eigenvalue weighted by Gasteiger charge is 2.46. The highest BCUT2D eigenvalue weighted by molar-refractivity contribution is 7.92. The van der Waals surface area contributed by atoms with Crippen LogP contribution in [-0.2, 0) is 9.84 Å². The number of aromatic nitrogens is 2. The Labute approximate surface area is 147 Å². The van der Waals surface area contributed by atoms with Gasteiger partial charge in [-0.3, -0.25) is 9.59 Å². The fourth-order valence-corrected chi connectivity index (χ4v) is 3.09. The molecule has 1 aromatic carbocycles. The molecule has 0 saturated carbocycles. The van der Waals surface area contributed by atoms with Gasteiger partial charge in [0.1, 0.15) is 11.5 Å². The molecule has 0 bridgehead atoms. The molecule has 0 fully saturated rings. The van der Waals surface area contributed by atoms with Crippen LogP contribution in [0.15, 0.2) is 40.0 Å². The zero-order chi connectivity index (χ0) is 19.7. The van der Waals surface area contributed by atoms with Crippen molar-refractivity contribution >= 4 is 15.6 Å². The summed E-state index contributed by atoms with van der Waals surface area (Å²) in [6.45, 7) is 3.19. The van der Waals surface area contributed by atoms with Gasteiger partial charge in [0.25, 0.3) is 15.4 Å². The fourth-order valence-electron chi connectivity index (χ4n) is 2.33. The molecular weight excluding hydrogens is 373 g/mol. The number of halogens is 3. The van der Waals surface area contributed by atoms with Crippen LogP contribution in [0.4, 0.5) is 13.2 Å². The number of Topliss-reactive ketones (excluding diaryl/α,β-unsaturated/α-hetero) is 1. The minimum atomic E-state index is -5.41. The van der Waals surface area contributed by atoms with Crippen molar-refractivity contribution in [3.63, 3.8) is 0 Å². The Morgan fingerprint density at radius 1 is 1.23 bits per heavy atom. The maximum atomic E-state index is 12.5. The Morgan fingerprint density at radius 2 is 1.81 bits per heavy atom. The quantitative estimate of drug-likeness (QED) is 0.795. The molecule has 10 heteroatoms. The van der Waals surface area contributed by atoms with Crippen molar-refractivity contribution in [2.75, 3.05) is 0 Å². The molecule has 0 aliphatic carbocycles. The van der Waals surface area contributed by atoms with Crippen LogP contribution in [-0.4, -0.2) is 29.7 Å². The number of nitrogens with one attached hydrogen (secondary N) is 1. The summed E-state index contributed by atoms with van der Waals surface area (Å²) in [5.41, 5.74) is -5.36. The van der Waals surface area contributed by atoms with Gasteiger partial charge in [0.05, 0.1) is 4.90 Å². The molecule has 2 rings (SSSR count). The summed E-state index contributed by atoms with van der Waals surface area (Å²) in [6.07, 6.45) is -0.0404. The molecule has 0 saturated heterocycles. The Hall–Kier alpha value is -2.49. The number of carbonyl (C=O) groups excluding carboxylic acids is 1. The summed E-state index contributed by atoms with van der Waals surface area (Å²) in [4.78, 5) is 29.1. The van der Waals surface area contributed by atoms with Crippen molar-refractivity contribution in [1.29, 1.82) is 0 Å². The zero-order valence-corrected chi connectivity index (χ0v) is 14.6. The lowest BCUT2D eigenvalue weighted by atomic mass is 9.95. The topological polar surface area (TPSA) is 97.0 Å². The molecule has 1 heterocycles. The third-order valence-corrected chi connectivity index (χ3v) is 5.20. The summed E-state index contributed by atoms with van der Waals surface area (Å²) in [6, 6.07) is 5.24. The van der Waals surface area contributed by atoms with Crippen LogP contribution in [0.1, 0.15) is 41.1 Å². The molecule has 0 amide bonds. The monoisotopic (exact) mass is 388 g/mol. The molecule has 0 spiro atoms. The van der Waals surface area contributed by atoms with Gasteiger partial charge in [0, 0.05) is 12.5 Å². The Bertz CT molecular complexity index is 980. The summed E-state index contributed by atoms with van der Waals surface area (Å²) in [7, 11) is -5.41. The predicted molar refractivity (Wildman–Crippen MR) is 86.6 cm³/mol. The molecule has 0 aliphatic heterocycles. The average Bonchev–Trinajstić information content (AvgIpc) is 2.52. The van der Waals surface area contributed by atoms with E-state index in [0.717, 1.165) is 18.2 Å². The number of carbonyl (C=O) groups is 1. The minimum absolute atomic E-state index is 0.00521. The molecule has 1 N–H and O–H groups in total. The lowest BCUT2D eigenvalue weighted by molar-refractivity contribution is -0.0436. The zero-order valence-electron chi connectivity index (χ0n) is 13.8. The molecule has 0 unspecified atom stereocenters.